The van der Waals surface area contributed by atoms with Gasteiger partial charge in [-0.25, -0.2) is 0 Å². The highest BCUT2D eigenvalue weighted by Crippen LogP contribution is 2.31. The van der Waals surface area contributed by atoms with Gasteiger partial charge in [0.1, 0.15) is 0 Å². The van der Waals surface area contributed by atoms with E-state index in [2.05, 4.69) is 62.4 Å². The Balaban J connectivity index is 2.11. The molecule has 1 N–H and O–H groups in total. The predicted octanol–water partition coefficient (Wildman–Crippen LogP) is 3.44. The Hall–Kier alpha value is -1.16. The summed E-state index contributed by atoms with van der Waals surface area (Å²) in [5.41, 5.74) is 2.40. The zero-order chi connectivity index (χ0) is 13.2. The van der Waals surface area contributed by atoms with Crippen molar-refractivity contribution in [2.75, 3.05) is 30.1 Å². The molecule has 0 saturated heterocycles. The van der Waals surface area contributed by atoms with Crippen molar-refractivity contribution in [2.24, 2.45) is 4.99 Å². The zero-order valence-electron chi connectivity index (χ0n) is 11.5. The first-order valence-corrected chi connectivity index (χ1v) is 7.28. The van der Waals surface area contributed by atoms with Crippen LogP contribution in [0.3, 0.4) is 0 Å². The number of thioether (sulfide) groups is 1. The standard InChI is InChI=1S/C14H21N3S/c1-5-14(2)10-18-13(16-14)15-11-7-6-8-12(9-11)17(3)4/h6-9H,5,10H2,1-4H3,(H,15,16). The lowest BCUT2D eigenvalue weighted by Crippen LogP contribution is -2.20. The van der Waals surface area contributed by atoms with Crippen LogP contribution in [0.25, 0.3) is 0 Å². The molecular weight excluding hydrogens is 242 g/mol. The molecule has 0 bridgehead atoms. The largest absolute Gasteiger partial charge is 0.378 e. The SMILES string of the molecule is CCC1(C)CSC(Nc2cccc(N(C)C)c2)=N1. The quantitative estimate of drug-likeness (QED) is 0.905. The predicted molar refractivity (Wildman–Crippen MR) is 83.0 cm³/mol. The summed E-state index contributed by atoms with van der Waals surface area (Å²) in [6.45, 7) is 4.41. The molecule has 98 valence electrons. The van der Waals surface area contributed by atoms with Gasteiger partial charge in [0.15, 0.2) is 5.17 Å². The van der Waals surface area contributed by atoms with E-state index < -0.39 is 0 Å². The number of nitrogens with one attached hydrogen (secondary N) is 1. The number of aliphatic imine (C=N–C) groups is 1. The first-order chi connectivity index (χ1) is 8.52. The molecule has 0 aliphatic carbocycles. The van der Waals surface area contributed by atoms with Gasteiger partial charge in [0.2, 0.25) is 0 Å². The molecule has 4 heteroatoms. The van der Waals surface area contributed by atoms with Crippen molar-refractivity contribution < 1.29 is 0 Å². The van der Waals surface area contributed by atoms with Crippen molar-refractivity contribution in [3.05, 3.63) is 24.3 Å². The number of benzene rings is 1. The van der Waals surface area contributed by atoms with Gasteiger partial charge in [-0.3, -0.25) is 4.99 Å². The van der Waals surface area contributed by atoms with Crippen molar-refractivity contribution >= 4 is 28.3 Å². The lowest BCUT2D eigenvalue weighted by molar-refractivity contribution is 0.523. The summed E-state index contributed by atoms with van der Waals surface area (Å²) in [7, 11) is 4.10. The Kier molecular flexibility index (Phi) is 3.85. The summed E-state index contributed by atoms with van der Waals surface area (Å²) in [6.07, 6.45) is 1.09. The maximum absolute atomic E-state index is 4.76. The van der Waals surface area contributed by atoms with Crippen LogP contribution in [-0.2, 0) is 0 Å². The van der Waals surface area contributed by atoms with Gasteiger partial charge < -0.3 is 10.2 Å². The van der Waals surface area contributed by atoms with Crippen molar-refractivity contribution in [2.45, 2.75) is 25.8 Å². The van der Waals surface area contributed by atoms with Crippen LogP contribution in [0, 0.1) is 0 Å². The maximum atomic E-state index is 4.76. The molecule has 1 aliphatic rings. The normalized spacial score (nSPS) is 22.8. The molecule has 1 aromatic carbocycles. The Labute approximate surface area is 114 Å². The number of rotatable bonds is 3. The number of anilines is 2. The molecule has 1 aliphatic heterocycles. The van der Waals surface area contributed by atoms with Crippen molar-refractivity contribution in [1.82, 2.24) is 0 Å². The second-order valence-electron chi connectivity index (χ2n) is 5.13. The molecule has 1 atom stereocenters. The fraction of sp³-hybridized carbons (Fsp3) is 0.500. The van der Waals surface area contributed by atoms with Gasteiger partial charge >= 0.3 is 0 Å². The molecule has 0 radical (unpaired) electrons. The van der Waals surface area contributed by atoms with Crippen molar-refractivity contribution in [3.63, 3.8) is 0 Å². The average Bonchev–Trinajstić information content (AvgIpc) is 2.72. The van der Waals surface area contributed by atoms with Crippen LogP contribution in [0.2, 0.25) is 0 Å². The molecule has 1 aromatic rings. The molecule has 1 unspecified atom stereocenters. The minimum atomic E-state index is 0.103. The van der Waals surface area contributed by atoms with Crippen LogP contribution in [-0.4, -0.2) is 30.6 Å². The fourth-order valence-electron chi connectivity index (χ4n) is 1.76. The highest BCUT2D eigenvalue weighted by molar-refractivity contribution is 8.14. The first kappa shape index (κ1) is 13.3. The van der Waals surface area contributed by atoms with E-state index in [9.17, 15) is 0 Å². The van der Waals surface area contributed by atoms with Crippen LogP contribution >= 0.6 is 11.8 Å². The molecule has 0 amide bonds. The molecule has 0 aromatic heterocycles. The van der Waals surface area contributed by atoms with Gasteiger partial charge in [0.05, 0.1) is 5.54 Å². The topological polar surface area (TPSA) is 27.6 Å². The summed E-state index contributed by atoms with van der Waals surface area (Å²) in [5, 5.41) is 4.45. The minimum absolute atomic E-state index is 0.103. The second-order valence-corrected chi connectivity index (χ2v) is 6.09. The number of hydrogen-bond donors (Lipinski definition) is 1. The van der Waals surface area contributed by atoms with E-state index in [0.29, 0.717) is 0 Å². The Morgan fingerprint density at radius 3 is 2.83 bits per heavy atom. The number of hydrogen-bond acceptors (Lipinski definition) is 4. The molecular formula is C14H21N3S. The number of amidine groups is 1. The van der Waals surface area contributed by atoms with E-state index >= 15 is 0 Å². The van der Waals surface area contributed by atoms with Gasteiger partial charge in [-0.15, -0.1) is 0 Å². The van der Waals surface area contributed by atoms with Crippen LogP contribution < -0.4 is 10.2 Å². The van der Waals surface area contributed by atoms with Gasteiger partial charge in [-0.2, -0.15) is 0 Å². The molecule has 1 heterocycles. The average molecular weight is 263 g/mol. The van der Waals surface area contributed by atoms with Gasteiger partial charge in [-0.05, 0) is 31.5 Å². The molecule has 2 rings (SSSR count). The maximum Gasteiger partial charge on any atom is 0.161 e. The van der Waals surface area contributed by atoms with Crippen LogP contribution in [0.5, 0.6) is 0 Å². The smallest absolute Gasteiger partial charge is 0.161 e. The van der Waals surface area contributed by atoms with Gasteiger partial charge in [0, 0.05) is 31.2 Å². The summed E-state index contributed by atoms with van der Waals surface area (Å²) in [6, 6.07) is 8.39. The van der Waals surface area contributed by atoms with E-state index in [1.165, 1.54) is 5.69 Å². The van der Waals surface area contributed by atoms with Crippen molar-refractivity contribution in [1.29, 1.82) is 0 Å². The van der Waals surface area contributed by atoms with Crippen LogP contribution in [0.4, 0.5) is 11.4 Å². The third kappa shape index (κ3) is 2.99. The van der Waals surface area contributed by atoms with Crippen molar-refractivity contribution in [3.8, 4) is 0 Å². The monoisotopic (exact) mass is 263 g/mol. The van der Waals surface area contributed by atoms with E-state index in [1.54, 1.807) is 0 Å². The third-order valence-corrected chi connectivity index (χ3v) is 4.50. The minimum Gasteiger partial charge on any atom is -0.378 e. The first-order valence-electron chi connectivity index (χ1n) is 6.29. The molecule has 0 spiro atoms. The van der Waals surface area contributed by atoms with E-state index in [1.807, 2.05) is 11.8 Å². The van der Waals surface area contributed by atoms with E-state index in [-0.39, 0.29) is 5.54 Å². The highest BCUT2D eigenvalue weighted by atomic mass is 32.2. The van der Waals surface area contributed by atoms with Crippen LogP contribution in [0.15, 0.2) is 29.3 Å². The second kappa shape index (κ2) is 5.22. The molecule has 18 heavy (non-hydrogen) atoms. The lowest BCUT2D eigenvalue weighted by atomic mass is 10.0. The summed E-state index contributed by atoms with van der Waals surface area (Å²) in [5.74, 6) is 1.07. The summed E-state index contributed by atoms with van der Waals surface area (Å²) >= 11 is 1.81. The molecule has 0 fully saturated rings. The third-order valence-electron chi connectivity index (χ3n) is 3.27. The Bertz CT molecular complexity index is 456. The zero-order valence-corrected chi connectivity index (χ0v) is 12.3. The molecule has 0 saturated carbocycles. The molecule has 3 nitrogen and oxygen atoms in total. The van der Waals surface area contributed by atoms with E-state index in [0.717, 1.165) is 23.0 Å². The number of nitrogens with zero attached hydrogens (tertiary/aromatic N) is 2. The van der Waals surface area contributed by atoms with Gasteiger partial charge in [0.25, 0.3) is 0 Å². The lowest BCUT2D eigenvalue weighted by Gasteiger charge is -2.15. The summed E-state index contributed by atoms with van der Waals surface area (Å²) < 4.78 is 0. The van der Waals surface area contributed by atoms with Crippen LogP contribution in [0.1, 0.15) is 20.3 Å². The fourth-order valence-corrected chi connectivity index (χ4v) is 2.96. The highest BCUT2D eigenvalue weighted by Gasteiger charge is 2.28. The Morgan fingerprint density at radius 1 is 1.44 bits per heavy atom. The Morgan fingerprint density at radius 2 is 2.22 bits per heavy atom. The van der Waals surface area contributed by atoms with Gasteiger partial charge in [-0.1, -0.05) is 24.8 Å². The summed E-state index contributed by atoms with van der Waals surface area (Å²) in [4.78, 5) is 6.87. The van der Waals surface area contributed by atoms with E-state index in [4.69, 9.17) is 4.99 Å².